The number of hydrogen-bond donors (Lipinski definition) is 2. The standard InChI is InChI=1S/C13H14Cl2FNO3/c1-2-3-4-11(13(19)20)17-12(18)7-5-10(16)9(15)6-8(7)14/h5-6,11H,2-4H2,1H3,(H,17,18)(H,19,20)/t11-/m0/s1. The molecule has 0 saturated carbocycles. The van der Waals surface area contributed by atoms with Gasteiger partial charge in [-0.3, -0.25) is 4.79 Å². The molecule has 0 aliphatic rings. The predicted molar refractivity (Wildman–Crippen MR) is 74.8 cm³/mol. The van der Waals surface area contributed by atoms with E-state index < -0.39 is 23.7 Å². The molecular weight excluding hydrogens is 308 g/mol. The van der Waals surface area contributed by atoms with Crippen molar-refractivity contribution < 1.29 is 19.1 Å². The van der Waals surface area contributed by atoms with Crippen LogP contribution in [0.25, 0.3) is 0 Å². The van der Waals surface area contributed by atoms with Crippen LogP contribution in [0.1, 0.15) is 36.5 Å². The van der Waals surface area contributed by atoms with E-state index in [1.807, 2.05) is 6.92 Å². The van der Waals surface area contributed by atoms with Crippen LogP contribution in [0.2, 0.25) is 10.0 Å². The maximum Gasteiger partial charge on any atom is 0.326 e. The summed E-state index contributed by atoms with van der Waals surface area (Å²) < 4.78 is 13.3. The number of carbonyl (C=O) groups is 2. The summed E-state index contributed by atoms with van der Waals surface area (Å²) in [5.41, 5.74) is -0.142. The van der Waals surface area contributed by atoms with Gasteiger partial charge in [0.2, 0.25) is 0 Å². The van der Waals surface area contributed by atoms with Gasteiger partial charge in [-0.15, -0.1) is 0 Å². The number of amides is 1. The van der Waals surface area contributed by atoms with E-state index in [1.165, 1.54) is 0 Å². The van der Waals surface area contributed by atoms with Crippen LogP contribution in [0.4, 0.5) is 4.39 Å². The number of benzene rings is 1. The molecule has 0 bridgehead atoms. The molecule has 4 nitrogen and oxygen atoms in total. The highest BCUT2D eigenvalue weighted by atomic mass is 35.5. The molecule has 1 aromatic carbocycles. The van der Waals surface area contributed by atoms with Gasteiger partial charge in [-0.25, -0.2) is 9.18 Å². The van der Waals surface area contributed by atoms with Crippen molar-refractivity contribution in [3.63, 3.8) is 0 Å². The molecule has 0 fully saturated rings. The van der Waals surface area contributed by atoms with Crippen molar-refractivity contribution >= 4 is 35.1 Å². The SMILES string of the molecule is CCCC[C@H](NC(=O)c1cc(F)c(Cl)cc1Cl)C(=O)O. The van der Waals surface area contributed by atoms with Crippen LogP contribution in [0.5, 0.6) is 0 Å². The first-order valence-corrected chi connectivity index (χ1v) is 6.80. The summed E-state index contributed by atoms with van der Waals surface area (Å²) >= 11 is 11.3. The van der Waals surface area contributed by atoms with Gasteiger partial charge >= 0.3 is 5.97 Å². The zero-order chi connectivity index (χ0) is 15.3. The maximum absolute atomic E-state index is 13.3. The van der Waals surface area contributed by atoms with Crippen LogP contribution in [-0.2, 0) is 4.79 Å². The maximum atomic E-state index is 13.3. The molecule has 0 spiro atoms. The molecule has 20 heavy (non-hydrogen) atoms. The minimum Gasteiger partial charge on any atom is -0.480 e. The smallest absolute Gasteiger partial charge is 0.326 e. The zero-order valence-electron chi connectivity index (χ0n) is 10.8. The fourth-order valence-electron chi connectivity index (χ4n) is 1.60. The number of hydrogen-bond acceptors (Lipinski definition) is 2. The van der Waals surface area contributed by atoms with E-state index in [0.29, 0.717) is 12.8 Å². The highest BCUT2D eigenvalue weighted by molar-refractivity contribution is 6.36. The third kappa shape index (κ3) is 4.35. The van der Waals surface area contributed by atoms with Gasteiger partial charge in [0.15, 0.2) is 0 Å². The lowest BCUT2D eigenvalue weighted by molar-refractivity contribution is -0.139. The molecule has 7 heteroatoms. The van der Waals surface area contributed by atoms with Crippen molar-refractivity contribution in [2.45, 2.75) is 32.2 Å². The van der Waals surface area contributed by atoms with Gasteiger partial charge in [-0.1, -0.05) is 43.0 Å². The number of nitrogens with one attached hydrogen (secondary N) is 1. The molecule has 1 atom stereocenters. The van der Waals surface area contributed by atoms with E-state index in [9.17, 15) is 14.0 Å². The fraction of sp³-hybridized carbons (Fsp3) is 0.385. The second-order valence-electron chi connectivity index (χ2n) is 4.25. The molecular formula is C13H14Cl2FNO3. The Hall–Kier alpha value is -1.33. The first-order valence-electron chi connectivity index (χ1n) is 6.05. The second-order valence-corrected chi connectivity index (χ2v) is 5.07. The molecule has 0 aliphatic heterocycles. The molecule has 0 saturated heterocycles. The first-order chi connectivity index (χ1) is 9.36. The van der Waals surface area contributed by atoms with Crippen molar-refractivity contribution in [2.75, 3.05) is 0 Å². The van der Waals surface area contributed by atoms with E-state index >= 15 is 0 Å². The number of carboxylic acid groups (broad SMARTS) is 1. The Morgan fingerprint density at radius 1 is 1.35 bits per heavy atom. The van der Waals surface area contributed by atoms with E-state index in [2.05, 4.69) is 5.32 Å². The van der Waals surface area contributed by atoms with E-state index in [4.69, 9.17) is 28.3 Å². The number of unbranched alkanes of at least 4 members (excludes halogenated alkanes) is 1. The van der Waals surface area contributed by atoms with Crippen LogP contribution in [-0.4, -0.2) is 23.0 Å². The summed E-state index contributed by atoms with van der Waals surface area (Å²) in [6.45, 7) is 1.91. The largest absolute Gasteiger partial charge is 0.480 e. The van der Waals surface area contributed by atoms with Gasteiger partial charge in [0.25, 0.3) is 5.91 Å². The Balaban J connectivity index is 2.89. The third-order valence-electron chi connectivity index (χ3n) is 2.70. The lowest BCUT2D eigenvalue weighted by atomic mass is 10.1. The van der Waals surface area contributed by atoms with Crippen LogP contribution in [0.3, 0.4) is 0 Å². The summed E-state index contributed by atoms with van der Waals surface area (Å²) in [6, 6.07) is 0.964. The molecule has 0 radical (unpaired) electrons. The van der Waals surface area contributed by atoms with Crippen molar-refractivity contribution in [3.05, 3.63) is 33.6 Å². The van der Waals surface area contributed by atoms with Gasteiger partial charge in [0, 0.05) is 0 Å². The third-order valence-corrected chi connectivity index (χ3v) is 3.31. The topological polar surface area (TPSA) is 66.4 Å². The first kappa shape index (κ1) is 16.7. The summed E-state index contributed by atoms with van der Waals surface area (Å²) in [4.78, 5) is 23.0. The molecule has 1 amide bonds. The summed E-state index contributed by atoms with van der Waals surface area (Å²) in [6.07, 6.45) is 1.75. The summed E-state index contributed by atoms with van der Waals surface area (Å²) in [5.74, 6) is -2.67. The van der Waals surface area contributed by atoms with Crippen LogP contribution in [0, 0.1) is 5.82 Å². The average molecular weight is 322 g/mol. The Kier molecular flexibility index (Phi) is 6.23. The quantitative estimate of drug-likeness (QED) is 0.788. The Morgan fingerprint density at radius 2 is 2.00 bits per heavy atom. The van der Waals surface area contributed by atoms with E-state index in [0.717, 1.165) is 18.6 Å². The summed E-state index contributed by atoms with van der Waals surface area (Å²) in [5, 5.41) is 11.1. The number of aliphatic carboxylic acids is 1. The van der Waals surface area contributed by atoms with Crippen molar-refractivity contribution in [2.24, 2.45) is 0 Å². The predicted octanol–water partition coefficient (Wildman–Crippen LogP) is 3.51. The second kappa shape index (κ2) is 7.45. The monoisotopic (exact) mass is 321 g/mol. The minimum absolute atomic E-state index is 0.0338. The lowest BCUT2D eigenvalue weighted by Gasteiger charge is -2.14. The number of halogens is 3. The lowest BCUT2D eigenvalue weighted by Crippen LogP contribution is -2.40. The molecule has 2 N–H and O–H groups in total. The molecule has 1 rings (SSSR count). The van der Waals surface area contributed by atoms with Crippen LogP contribution in [0.15, 0.2) is 12.1 Å². The average Bonchev–Trinajstić information content (AvgIpc) is 2.38. The Morgan fingerprint density at radius 3 is 2.55 bits per heavy atom. The molecule has 0 heterocycles. The van der Waals surface area contributed by atoms with Gasteiger partial charge < -0.3 is 10.4 Å². The molecule has 0 aromatic heterocycles. The highest BCUT2D eigenvalue weighted by Crippen LogP contribution is 2.24. The van der Waals surface area contributed by atoms with E-state index in [1.54, 1.807) is 0 Å². The molecule has 0 aliphatic carbocycles. The van der Waals surface area contributed by atoms with Crippen LogP contribution < -0.4 is 5.32 Å². The van der Waals surface area contributed by atoms with Gasteiger partial charge in [-0.2, -0.15) is 0 Å². The molecule has 0 unspecified atom stereocenters. The van der Waals surface area contributed by atoms with E-state index in [-0.39, 0.29) is 15.6 Å². The number of carbonyl (C=O) groups excluding carboxylic acids is 1. The van der Waals surface area contributed by atoms with Crippen LogP contribution >= 0.6 is 23.2 Å². The fourth-order valence-corrected chi connectivity index (χ4v) is 2.07. The highest BCUT2D eigenvalue weighted by Gasteiger charge is 2.22. The van der Waals surface area contributed by atoms with Crippen molar-refractivity contribution in [1.82, 2.24) is 5.32 Å². The normalized spacial score (nSPS) is 12.0. The van der Waals surface area contributed by atoms with Gasteiger partial charge in [0.05, 0.1) is 15.6 Å². The van der Waals surface area contributed by atoms with Crippen molar-refractivity contribution in [1.29, 1.82) is 0 Å². The minimum atomic E-state index is -1.14. The number of rotatable bonds is 6. The molecule has 110 valence electrons. The van der Waals surface area contributed by atoms with Gasteiger partial charge in [-0.05, 0) is 18.6 Å². The Labute approximate surface area is 125 Å². The van der Waals surface area contributed by atoms with Crippen molar-refractivity contribution in [3.8, 4) is 0 Å². The zero-order valence-corrected chi connectivity index (χ0v) is 12.3. The number of carboxylic acids is 1. The Bertz CT molecular complexity index is 523. The van der Waals surface area contributed by atoms with Gasteiger partial charge in [0.1, 0.15) is 11.9 Å². The molecule has 1 aromatic rings. The summed E-state index contributed by atoms with van der Waals surface area (Å²) in [7, 11) is 0.